The Morgan fingerprint density at radius 1 is 1.36 bits per heavy atom. The van der Waals surface area contributed by atoms with Crippen molar-refractivity contribution in [3.8, 4) is 11.4 Å². The monoisotopic (exact) mass is 415 g/mol. The van der Waals surface area contributed by atoms with Crippen LogP contribution in [0.3, 0.4) is 0 Å². The molecule has 0 fully saturated rings. The van der Waals surface area contributed by atoms with Crippen molar-refractivity contribution in [2.24, 2.45) is 0 Å². The van der Waals surface area contributed by atoms with Gasteiger partial charge in [-0.25, -0.2) is 0 Å². The van der Waals surface area contributed by atoms with Gasteiger partial charge in [0.15, 0.2) is 0 Å². The largest absolute Gasteiger partial charge is 0.494 e. The first-order valence-corrected chi connectivity index (χ1v) is 10.8. The molecular formula is C19H21N5O2S2. The fraction of sp³-hybridized carbons (Fsp3) is 0.368. The highest BCUT2D eigenvalue weighted by Gasteiger charge is 2.27. The second kappa shape index (κ2) is 7.92. The van der Waals surface area contributed by atoms with Crippen LogP contribution in [0.25, 0.3) is 5.69 Å². The van der Waals surface area contributed by atoms with Crippen LogP contribution in [0, 0.1) is 6.92 Å². The first kappa shape index (κ1) is 18.9. The van der Waals surface area contributed by atoms with E-state index in [0.717, 1.165) is 24.2 Å². The SMILES string of the molecule is COc1ccc(C)cc1-n1nnnc1SC(C)C(=O)N1CCc2sccc2C1. The standard InChI is InChI=1S/C19H21N5O2S2/c1-12-4-5-16(26-3)15(10-12)24-19(20-21-22-24)28-13(2)18(25)23-8-6-17-14(11-23)7-9-27-17/h4-5,7,9-10,13H,6,8,11H2,1-3H3. The number of amides is 1. The minimum absolute atomic E-state index is 0.104. The third-order valence-electron chi connectivity index (χ3n) is 4.75. The molecule has 3 heterocycles. The zero-order chi connectivity index (χ0) is 19.7. The molecule has 1 unspecified atom stereocenters. The van der Waals surface area contributed by atoms with E-state index in [1.54, 1.807) is 23.1 Å². The minimum atomic E-state index is -0.291. The average Bonchev–Trinajstić information content (AvgIpc) is 3.35. The quantitative estimate of drug-likeness (QED) is 0.596. The van der Waals surface area contributed by atoms with Crippen molar-refractivity contribution in [1.82, 2.24) is 25.1 Å². The summed E-state index contributed by atoms with van der Waals surface area (Å²) in [6.07, 6.45) is 0.925. The second-order valence-corrected chi connectivity index (χ2v) is 9.00. The van der Waals surface area contributed by atoms with Crippen LogP contribution in [0.5, 0.6) is 5.75 Å². The molecule has 9 heteroatoms. The molecule has 7 nitrogen and oxygen atoms in total. The van der Waals surface area contributed by atoms with E-state index in [1.807, 2.05) is 36.9 Å². The Bertz CT molecular complexity index is 1000. The minimum Gasteiger partial charge on any atom is -0.494 e. The number of carbonyl (C=O) groups is 1. The van der Waals surface area contributed by atoms with Crippen LogP contribution < -0.4 is 4.74 Å². The van der Waals surface area contributed by atoms with Gasteiger partial charge in [-0.2, -0.15) is 4.68 Å². The third kappa shape index (κ3) is 3.64. The number of carbonyl (C=O) groups excluding carboxylic acids is 1. The second-order valence-electron chi connectivity index (χ2n) is 6.69. The van der Waals surface area contributed by atoms with Crippen LogP contribution in [0.2, 0.25) is 0 Å². The lowest BCUT2D eigenvalue weighted by Crippen LogP contribution is -2.39. The Balaban J connectivity index is 1.52. The van der Waals surface area contributed by atoms with E-state index < -0.39 is 0 Å². The summed E-state index contributed by atoms with van der Waals surface area (Å²) in [5, 5.41) is 14.4. The number of methoxy groups -OCH3 is 1. The number of aromatic nitrogens is 4. The highest BCUT2D eigenvalue weighted by Crippen LogP contribution is 2.30. The predicted molar refractivity (Wildman–Crippen MR) is 109 cm³/mol. The first-order chi connectivity index (χ1) is 13.6. The number of fused-ring (bicyclic) bond motifs is 1. The average molecular weight is 416 g/mol. The zero-order valence-electron chi connectivity index (χ0n) is 16.0. The van der Waals surface area contributed by atoms with Gasteiger partial charge in [0, 0.05) is 18.0 Å². The number of hydrogen-bond acceptors (Lipinski definition) is 7. The van der Waals surface area contributed by atoms with Crippen LogP contribution >= 0.6 is 23.1 Å². The summed E-state index contributed by atoms with van der Waals surface area (Å²) >= 11 is 3.14. The van der Waals surface area contributed by atoms with Gasteiger partial charge in [0.05, 0.1) is 12.4 Å². The van der Waals surface area contributed by atoms with Crippen LogP contribution in [-0.2, 0) is 17.8 Å². The predicted octanol–water partition coefficient (Wildman–Crippen LogP) is 3.11. The van der Waals surface area contributed by atoms with Crippen molar-refractivity contribution in [3.05, 3.63) is 45.6 Å². The van der Waals surface area contributed by atoms with Crippen molar-refractivity contribution < 1.29 is 9.53 Å². The van der Waals surface area contributed by atoms with E-state index in [4.69, 9.17) is 4.74 Å². The summed E-state index contributed by atoms with van der Waals surface area (Å²) in [6, 6.07) is 7.94. The van der Waals surface area contributed by atoms with E-state index >= 15 is 0 Å². The summed E-state index contributed by atoms with van der Waals surface area (Å²) in [4.78, 5) is 16.3. The Morgan fingerprint density at radius 3 is 3.04 bits per heavy atom. The number of rotatable bonds is 5. The normalized spacial score (nSPS) is 14.6. The maximum Gasteiger partial charge on any atom is 0.236 e. The van der Waals surface area contributed by atoms with Crippen molar-refractivity contribution in [2.75, 3.05) is 13.7 Å². The topological polar surface area (TPSA) is 73.1 Å². The van der Waals surface area contributed by atoms with E-state index in [-0.39, 0.29) is 11.2 Å². The molecule has 1 aliphatic rings. The Labute approximate surface area is 171 Å². The Hall–Kier alpha value is -2.39. The molecule has 0 spiro atoms. The number of hydrogen-bond donors (Lipinski definition) is 0. The number of benzene rings is 1. The van der Waals surface area contributed by atoms with Gasteiger partial charge in [0.25, 0.3) is 0 Å². The van der Waals surface area contributed by atoms with Gasteiger partial charge < -0.3 is 9.64 Å². The third-order valence-corrected chi connectivity index (χ3v) is 6.80. The fourth-order valence-electron chi connectivity index (χ4n) is 3.27. The number of thiophene rings is 1. The van der Waals surface area contributed by atoms with Crippen LogP contribution in [0.15, 0.2) is 34.8 Å². The molecule has 0 radical (unpaired) electrons. The van der Waals surface area contributed by atoms with E-state index in [2.05, 4.69) is 27.0 Å². The van der Waals surface area contributed by atoms with Gasteiger partial charge in [0.2, 0.25) is 11.1 Å². The van der Waals surface area contributed by atoms with Crippen molar-refractivity contribution in [3.63, 3.8) is 0 Å². The highest BCUT2D eigenvalue weighted by atomic mass is 32.2. The van der Waals surface area contributed by atoms with Crippen molar-refractivity contribution >= 4 is 29.0 Å². The number of ether oxygens (including phenoxy) is 1. The Morgan fingerprint density at radius 2 is 2.21 bits per heavy atom. The summed E-state index contributed by atoms with van der Waals surface area (Å²) in [7, 11) is 1.62. The molecule has 3 aromatic rings. The molecule has 1 amide bonds. The van der Waals surface area contributed by atoms with Crippen molar-refractivity contribution in [2.45, 2.75) is 37.2 Å². The Kier molecular flexibility index (Phi) is 5.36. The van der Waals surface area contributed by atoms with Gasteiger partial charge in [0.1, 0.15) is 11.4 Å². The molecule has 2 aromatic heterocycles. The lowest BCUT2D eigenvalue weighted by Gasteiger charge is -2.29. The lowest BCUT2D eigenvalue weighted by molar-refractivity contribution is -0.131. The molecule has 0 aliphatic carbocycles. The lowest BCUT2D eigenvalue weighted by atomic mass is 10.1. The number of tetrazole rings is 1. The molecule has 0 saturated carbocycles. The molecule has 1 aromatic carbocycles. The first-order valence-electron chi connectivity index (χ1n) is 9.01. The summed E-state index contributed by atoms with van der Waals surface area (Å²) in [6.45, 7) is 5.34. The smallest absolute Gasteiger partial charge is 0.236 e. The van der Waals surface area contributed by atoms with Gasteiger partial charge in [-0.05, 0) is 65.4 Å². The molecule has 146 valence electrons. The number of thioether (sulfide) groups is 1. The molecule has 0 bridgehead atoms. The summed E-state index contributed by atoms with van der Waals surface area (Å²) in [5.41, 5.74) is 3.10. The van der Waals surface area contributed by atoms with Crippen LogP contribution in [0.1, 0.15) is 22.9 Å². The highest BCUT2D eigenvalue weighted by molar-refractivity contribution is 8.00. The maximum atomic E-state index is 13.0. The summed E-state index contributed by atoms with van der Waals surface area (Å²) < 4.78 is 7.08. The molecule has 1 atom stereocenters. The van der Waals surface area contributed by atoms with Gasteiger partial charge in [-0.1, -0.05) is 17.8 Å². The van der Waals surface area contributed by atoms with Crippen LogP contribution in [0.4, 0.5) is 0 Å². The van der Waals surface area contributed by atoms with Gasteiger partial charge >= 0.3 is 0 Å². The summed E-state index contributed by atoms with van der Waals surface area (Å²) in [5.74, 6) is 0.785. The molecule has 0 N–H and O–H groups in total. The molecule has 28 heavy (non-hydrogen) atoms. The van der Waals surface area contributed by atoms with Gasteiger partial charge in [-0.3, -0.25) is 4.79 Å². The number of aryl methyl sites for hydroxylation is 1. The van der Waals surface area contributed by atoms with E-state index in [1.165, 1.54) is 22.2 Å². The zero-order valence-corrected chi connectivity index (χ0v) is 17.6. The fourth-order valence-corrected chi connectivity index (χ4v) is 5.05. The van der Waals surface area contributed by atoms with Crippen LogP contribution in [-0.4, -0.2) is 49.9 Å². The van der Waals surface area contributed by atoms with Gasteiger partial charge in [-0.15, -0.1) is 16.4 Å². The van der Waals surface area contributed by atoms with E-state index in [0.29, 0.717) is 17.5 Å². The molecule has 4 rings (SSSR count). The van der Waals surface area contributed by atoms with Crippen molar-refractivity contribution in [1.29, 1.82) is 0 Å². The molecule has 0 saturated heterocycles. The maximum absolute atomic E-state index is 13.0. The molecular weight excluding hydrogens is 394 g/mol. The van der Waals surface area contributed by atoms with E-state index in [9.17, 15) is 4.79 Å². The number of nitrogens with zero attached hydrogens (tertiary/aromatic N) is 5. The molecule has 1 aliphatic heterocycles.